The molecule has 0 radical (unpaired) electrons. The predicted octanol–water partition coefficient (Wildman–Crippen LogP) is 2.95. The van der Waals surface area contributed by atoms with Gasteiger partial charge in [0, 0.05) is 12.1 Å². The van der Waals surface area contributed by atoms with E-state index in [1.807, 2.05) is 24.3 Å². The van der Waals surface area contributed by atoms with Crippen LogP contribution < -0.4 is 16.0 Å². The number of carbonyl (C=O) groups excluding carboxylic acids is 2. The second kappa shape index (κ2) is 8.35. The maximum absolute atomic E-state index is 12.8. The van der Waals surface area contributed by atoms with E-state index in [9.17, 15) is 9.59 Å². The van der Waals surface area contributed by atoms with Gasteiger partial charge >= 0.3 is 0 Å². The summed E-state index contributed by atoms with van der Waals surface area (Å²) in [6.45, 7) is 5.88. The fourth-order valence-electron chi connectivity index (χ4n) is 3.06. The highest BCUT2D eigenvalue weighted by atomic mass is 16.2. The maximum atomic E-state index is 12.8. The molecule has 0 saturated heterocycles. The van der Waals surface area contributed by atoms with Crippen LogP contribution in [0, 0.1) is 0 Å². The summed E-state index contributed by atoms with van der Waals surface area (Å²) in [6, 6.07) is 12.6. The zero-order chi connectivity index (χ0) is 20.1. The van der Waals surface area contributed by atoms with E-state index in [1.165, 1.54) is 0 Å². The molecular formula is C22H22N4O2. The molecule has 2 amide bonds. The summed E-state index contributed by atoms with van der Waals surface area (Å²) in [6.07, 6.45) is 5.58. The molecule has 6 nitrogen and oxygen atoms in total. The molecule has 0 aliphatic carbocycles. The molecule has 2 aromatic rings. The zero-order valence-electron chi connectivity index (χ0n) is 15.7. The molecule has 0 fully saturated rings. The Morgan fingerprint density at radius 3 is 2.79 bits per heavy atom. The number of anilines is 1. The molecule has 0 unspecified atom stereocenters. The molecule has 1 aromatic heterocycles. The number of hydrogen-bond donors (Lipinski definition) is 2. The predicted molar refractivity (Wildman–Crippen MR) is 110 cm³/mol. The van der Waals surface area contributed by atoms with Crippen LogP contribution in [-0.2, 0) is 6.42 Å². The van der Waals surface area contributed by atoms with Crippen molar-refractivity contribution in [3.63, 3.8) is 0 Å². The van der Waals surface area contributed by atoms with Crippen molar-refractivity contribution in [1.82, 2.24) is 10.3 Å². The summed E-state index contributed by atoms with van der Waals surface area (Å²) in [7, 11) is 0. The molecule has 6 heteroatoms. The Balaban J connectivity index is 1.83. The van der Waals surface area contributed by atoms with E-state index in [-0.39, 0.29) is 11.6 Å². The number of carbonyl (C=O) groups is 2. The number of aromatic nitrogens is 1. The van der Waals surface area contributed by atoms with Crippen LogP contribution in [-0.4, -0.2) is 23.3 Å². The van der Waals surface area contributed by atoms with Crippen molar-refractivity contribution in [3.05, 3.63) is 95.5 Å². The van der Waals surface area contributed by atoms with E-state index in [2.05, 4.69) is 16.9 Å². The Morgan fingerprint density at radius 1 is 1.25 bits per heavy atom. The van der Waals surface area contributed by atoms with Gasteiger partial charge in [-0.1, -0.05) is 43.0 Å². The summed E-state index contributed by atoms with van der Waals surface area (Å²) < 4.78 is 0. The van der Waals surface area contributed by atoms with Crippen molar-refractivity contribution in [3.8, 4) is 0 Å². The minimum absolute atomic E-state index is 0.112. The monoisotopic (exact) mass is 374 g/mol. The van der Waals surface area contributed by atoms with Crippen molar-refractivity contribution in [2.45, 2.75) is 13.3 Å². The minimum atomic E-state index is -0.403. The zero-order valence-corrected chi connectivity index (χ0v) is 15.7. The van der Waals surface area contributed by atoms with Gasteiger partial charge in [-0.3, -0.25) is 14.5 Å². The first-order valence-electron chi connectivity index (χ1n) is 8.98. The molecular weight excluding hydrogens is 352 g/mol. The lowest BCUT2D eigenvalue weighted by Crippen LogP contribution is -2.38. The first-order chi connectivity index (χ1) is 13.5. The van der Waals surface area contributed by atoms with Gasteiger partial charge in [0.05, 0.1) is 11.4 Å². The van der Waals surface area contributed by atoms with Crippen LogP contribution in [0.2, 0.25) is 0 Å². The van der Waals surface area contributed by atoms with Gasteiger partial charge in [0.2, 0.25) is 0 Å². The molecule has 0 bridgehead atoms. The molecule has 0 saturated carbocycles. The average Bonchev–Trinajstić information content (AvgIpc) is 2.72. The van der Waals surface area contributed by atoms with Crippen molar-refractivity contribution in [2.75, 3.05) is 11.4 Å². The van der Waals surface area contributed by atoms with Gasteiger partial charge in [0.1, 0.15) is 11.5 Å². The quantitative estimate of drug-likeness (QED) is 0.788. The molecule has 28 heavy (non-hydrogen) atoms. The number of allylic oxidation sites excluding steroid dienone is 3. The standard InChI is InChI=1S/C22H22N4O2/c1-3-8-17(23)18(4-2)25-21(27)19-11-7-12-20(24-19)26-14-13-15-9-5-6-10-16(15)22(26)28/h3-12H,1,13-14,23H2,2H3,(H,25,27)/b17-8+,18-4+. The molecule has 1 aromatic carbocycles. The van der Waals surface area contributed by atoms with Crippen LogP contribution in [0.3, 0.4) is 0 Å². The lowest BCUT2D eigenvalue weighted by atomic mass is 9.99. The fraction of sp³-hybridized carbons (Fsp3) is 0.136. The SMILES string of the molecule is C=C/C=C(N)\C(=C/C)NC(=O)c1cccc(N2CCc3ccccc3C2=O)n1. The number of fused-ring (bicyclic) bond motifs is 1. The third-order valence-corrected chi connectivity index (χ3v) is 4.49. The van der Waals surface area contributed by atoms with Gasteiger partial charge in [0.25, 0.3) is 11.8 Å². The highest BCUT2D eigenvalue weighted by Crippen LogP contribution is 2.23. The number of amides is 2. The van der Waals surface area contributed by atoms with E-state index >= 15 is 0 Å². The van der Waals surface area contributed by atoms with E-state index < -0.39 is 5.91 Å². The molecule has 2 heterocycles. The normalized spacial score (nSPS) is 14.5. The highest BCUT2D eigenvalue weighted by Gasteiger charge is 2.26. The van der Waals surface area contributed by atoms with Gasteiger partial charge < -0.3 is 11.1 Å². The number of benzene rings is 1. The van der Waals surface area contributed by atoms with Crippen LogP contribution in [0.15, 0.2) is 78.7 Å². The minimum Gasteiger partial charge on any atom is -0.397 e. The summed E-state index contributed by atoms with van der Waals surface area (Å²) in [5.74, 6) is -0.0665. The average molecular weight is 374 g/mol. The van der Waals surface area contributed by atoms with Gasteiger partial charge in [-0.25, -0.2) is 4.98 Å². The van der Waals surface area contributed by atoms with E-state index in [0.717, 1.165) is 12.0 Å². The number of hydrogen-bond acceptors (Lipinski definition) is 4. The second-order valence-electron chi connectivity index (χ2n) is 6.26. The van der Waals surface area contributed by atoms with Crippen LogP contribution >= 0.6 is 0 Å². The summed E-state index contributed by atoms with van der Waals surface area (Å²) >= 11 is 0. The second-order valence-corrected chi connectivity index (χ2v) is 6.26. The molecule has 3 rings (SSSR count). The van der Waals surface area contributed by atoms with E-state index in [1.54, 1.807) is 48.3 Å². The Bertz CT molecular complexity index is 992. The lowest BCUT2D eigenvalue weighted by molar-refractivity contribution is 0.0954. The molecule has 3 N–H and O–H groups in total. The number of nitrogens with one attached hydrogen (secondary N) is 1. The summed E-state index contributed by atoms with van der Waals surface area (Å²) in [5.41, 5.74) is 8.68. The fourth-order valence-corrected chi connectivity index (χ4v) is 3.06. The first-order valence-corrected chi connectivity index (χ1v) is 8.98. The van der Waals surface area contributed by atoms with Gasteiger partial charge in [-0.15, -0.1) is 0 Å². The highest BCUT2D eigenvalue weighted by molar-refractivity contribution is 6.08. The van der Waals surface area contributed by atoms with Gasteiger partial charge in [-0.2, -0.15) is 0 Å². The molecule has 142 valence electrons. The van der Waals surface area contributed by atoms with Crippen LogP contribution in [0.1, 0.15) is 33.3 Å². The lowest BCUT2D eigenvalue weighted by Gasteiger charge is -2.27. The van der Waals surface area contributed by atoms with Crippen LogP contribution in [0.25, 0.3) is 0 Å². The van der Waals surface area contributed by atoms with E-state index in [4.69, 9.17) is 5.73 Å². The third-order valence-electron chi connectivity index (χ3n) is 4.49. The Morgan fingerprint density at radius 2 is 2.04 bits per heavy atom. The van der Waals surface area contributed by atoms with Crippen LogP contribution in [0.4, 0.5) is 5.82 Å². The summed E-state index contributed by atoms with van der Waals surface area (Å²) in [5, 5.41) is 2.74. The Kier molecular flexibility index (Phi) is 5.69. The van der Waals surface area contributed by atoms with Crippen molar-refractivity contribution in [1.29, 1.82) is 0 Å². The Labute approximate surface area is 164 Å². The molecule has 1 aliphatic heterocycles. The Hall–Kier alpha value is -3.67. The van der Waals surface area contributed by atoms with Gasteiger partial charge in [0.15, 0.2) is 0 Å². The maximum Gasteiger partial charge on any atom is 0.274 e. The van der Waals surface area contributed by atoms with Gasteiger partial charge in [-0.05, 0) is 43.2 Å². The third kappa shape index (κ3) is 3.86. The summed E-state index contributed by atoms with van der Waals surface area (Å²) in [4.78, 5) is 31.4. The topological polar surface area (TPSA) is 88.3 Å². The van der Waals surface area contributed by atoms with Crippen molar-refractivity contribution >= 4 is 17.6 Å². The molecule has 0 spiro atoms. The van der Waals surface area contributed by atoms with Crippen molar-refractivity contribution in [2.24, 2.45) is 5.73 Å². The van der Waals surface area contributed by atoms with Crippen molar-refractivity contribution < 1.29 is 9.59 Å². The number of nitrogens with zero attached hydrogens (tertiary/aromatic N) is 2. The molecule has 1 aliphatic rings. The number of rotatable bonds is 5. The number of nitrogens with two attached hydrogens (primary N) is 1. The van der Waals surface area contributed by atoms with Crippen LogP contribution in [0.5, 0.6) is 0 Å². The largest absolute Gasteiger partial charge is 0.397 e. The van der Waals surface area contributed by atoms with E-state index in [0.29, 0.717) is 29.3 Å². The molecule has 0 atom stereocenters. The smallest absolute Gasteiger partial charge is 0.274 e. The first kappa shape index (κ1) is 19.1. The number of pyridine rings is 1.